The van der Waals surface area contributed by atoms with E-state index in [9.17, 15) is 4.79 Å². The number of anilines is 1. The van der Waals surface area contributed by atoms with Crippen molar-refractivity contribution in [3.63, 3.8) is 0 Å². The van der Waals surface area contributed by atoms with Crippen LogP contribution in [0.15, 0.2) is 18.2 Å². The van der Waals surface area contributed by atoms with Gasteiger partial charge in [0.05, 0.1) is 11.7 Å². The molecule has 1 amide bonds. The van der Waals surface area contributed by atoms with Crippen LogP contribution in [0, 0.1) is 5.92 Å². The number of nitrogens with one attached hydrogen (secondary N) is 2. The van der Waals surface area contributed by atoms with Gasteiger partial charge in [-0.15, -0.1) is 0 Å². The van der Waals surface area contributed by atoms with E-state index in [4.69, 9.17) is 16.3 Å². The maximum atomic E-state index is 12.3. The summed E-state index contributed by atoms with van der Waals surface area (Å²) in [6.45, 7) is 3.55. The summed E-state index contributed by atoms with van der Waals surface area (Å²) in [6, 6.07) is 5.26. The summed E-state index contributed by atoms with van der Waals surface area (Å²) in [5, 5.41) is 6.56. The average Bonchev–Trinajstić information content (AvgIpc) is 2.92. The molecule has 2 atom stereocenters. The number of hydrogen-bond acceptors (Lipinski definition) is 3. The molecule has 0 bridgehead atoms. The van der Waals surface area contributed by atoms with Crippen LogP contribution in [0.1, 0.15) is 30.1 Å². The Balaban J connectivity index is 2.00. The van der Waals surface area contributed by atoms with Crippen LogP contribution in [0.2, 0.25) is 5.02 Å². The third-order valence-electron chi connectivity index (χ3n) is 3.77. The van der Waals surface area contributed by atoms with E-state index in [1.807, 2.05) is 6.07 Å². The van der Waals surface area contributed by atoms with E-state index in [0.717, 1.165) is 25.1 Å². The summed E-state index contributed by atoms with van der Waals surface area (Å²) in [5.41, 5.74) is 1.36. The van der Waals surface area contributed by atoms with Crippen LogP contribution in [-0.4, -0.2) is 32.2 Å². The van der Waals surface area contributed by atoms with Crippen molar-refractivity contribution in [3.8, 4) is 0 Å². The van der Waals surface area contributed by atoms with Crippen molar-refractivity contribution in [1.82, 2.24) is 5.32 Å². The van der Waals surface area contributed by atoms with Crippen molar-refractivity contribution in [2.75, 3.05) is 25.5 Å². The minimum absolute atomic E-state index is 0.0985. The van der Waals surface area contributed by atoms with E-state index in [1.54, 1.807) is 19.2 Å². The first kappa shape index (κ1) is 15.1. The Morgan fingerprint density at radius 3 is 3.00 bits per heavy atom. The van der Waals surface area contributed by atoms with Gasteiger partial charge in [0.15, 0.2) is 0 Å². The molecule has 1 aliphatic heterocycles. The normalized spacial score (nSPS) is 21.8. The maximum Gasteiger partial charge on any atom is 0.253 e. The van der Waals surface area contributed by atoms with Gasteiger partial charge in [0.1, 0.15) is 0 Å². The van der Waals surface area contributed by atoms with E-state index in [0.29, 0.717) is 23.0 Å². The average molecular weight is 297 g/mol. The minimum atomic E-state index is -0.0985. The van der Waals surface area contributed by atoms with Gasteiger partial charge >= 0.3 is 0 Å². The fourth-order valence-corrected chi connectivity index (χ4v) is 2.79. The Hall–Kier alpha value is -1.26. The van der Waals surface area contributed by atoms with E-state index in [1.165, 1.54) is 0 Å². The molecule has 0 aromatic heterocycles. The zero-order chi connectivity index (χ0) is 14.5. The van der Waals surface area contributed by atoms with Crippen molar-refractivity contribution in [2.24, 2.45) is 5.92 Å². The molecule has 1 aromatic carbocycles. The van der Waals surface area contributed by atoms with Crippen molar-refractivity contribution in [3.05, 3.63) is 28.8 Å². The molecule has 0 aliphatic carbocycles. The van der Waals surface area contributed by atoms with E-state index in [-0.39, 0.29) is 12.0 Å². The Kier molecular flexibility index (Phi) is 5.26. The van der Waals surface area contributed by atoms with Crippen LogP contribution in [0.25, 0.3) is 0 Å². The van der Waals surface area contributed by atoms with Gasteiger partial charge in [0.25, 0.3) is 5.91 Å². The number of carbonyl (C=O) groups is 1. The van der Waals surface area contributed by atoms with Gasteiger partial charge in [-0.05, 0) is 31.0 Å². The quantitative estimate of drug-likeness (QED) is 0.878. The molecule has 1 aromatic rings. The lowest BCUT2D eigenvalue weighted by molar-refractivity contribution is 0.0827. The van der Waals surface area contributed by atoms with Crippen LogP contribution in [-0.2, 0) is 4.74 Å². The number of halogens is 1. The molecule has 0 spiro atoms. The third kappa shape index (κ3) is 3.44. The van der Waals surface area contributed by atoms with Gasteiger partial charge in [-0.1, -0.05) is 18.5 Å². The first-order valence-corrected chi connectivity index (χ1v) is 7.40. The molecule has 1 saturated heterocycles. The summed E-state index contributed by atoms with van der Waals surface area (Å²) in [6.07, 6.45) is 2.26. The third-order valence-corrected chi connectivity index (χ3v) is 4.00. The van der Waals surface area contributed by atoms with Gasteiger partial charge in [-0.25, -0.2) is 0 Å². The lowest BCUT2D eigenvalue weighted by atomic mass is 9.99. The fourth-order valence-electron chi connectivity index (χ4n) is 2.62. The van der Waals surface area contributed by atoms with E-state index in [2.05, 4.69) is 17.6 Å². The molecule has 2 unspecified atom stereocenters. The molecule has 110 valence electrons. The van der Waals surface area contributed by atoms with Crippen LogP contribution >= 0.6 is 11.6 Å². The van der Waals surface area contributed by atoms with Crippen LogP contribution in [0.4, 0.5) is 5.69 Å². The Morgan fingerprint density at radius 2 is 2.30 bits per heavy atom. The molecule has 2 rings (SSSR count). The summed E-state index contributed by atoms with van der Waals surface area (Å²) >= 11 is 5.96. The number of rotatable bonds is 5. The standard InChI is InChI=1S/C15H21ClN2O2/c1-3-14-10(6-7-20-14)9-18-15(19)12-8-11(16)4-5-13(12)17-2/h4-5,8,10,14,17H,3,6-7,9H2,1-2H3,(H,18,19). The van der Waals surface area contributed by atoms with Gasteiger partial charge in [-0.3, -0.25) is 4.79 Å². The highest BCUT2D eigenvalue weighted by Gasteiger charge is 2.27. The maximum absolute atomic E-state index is 12.3. The molecule has 1 fully saturated rings. The molecule has 4 nitrogen and oxygen atoms in total. The number of ether oxygens (including phenoxy) is 1. The Bertz CT molecular complexity index is 479. The summed E-state index contributed by atoms with van der Waals surface area (Å²) < 4.78 is 5.63. The van der Waals surface area contributed by atoms with Crippen molar-refractivity contribution < 1.29 is 9.53 Å². The van der Waals surface area contributed by atoms with E-state index < -0.39 is 0 Å². The molecular formula is C15H21ClN2O2. The molecule has 20 heavy (non-hydrogen) atoms. The lowest BCUT2D eigenvalue weighted by Crippen LogP contribution is -2.33. The fraction of sp³-hybridized carbons (Fsp3) is 0.533. The van der Waals surface area contributed by atoms with Gasteiger partial charge < -0.3 is 15.4 Å². The summed E-state index contributed by atoms with van der Waals surface area (Å²) in [5.74, 6) is 0.305. The predicted molar refractivity (Wildman–Crippen MR) is 81.5 cm³/mol. The molecule has 1 heterocycles. The lowest BCUT2D eigenvalue weighted by Gasteiger charge is -2.18. The number of benzene rings is 1. The molecule has 0 radical (unpaired) electrons. The van der Waals surface area contributed by atoms with Gasteiger partial charge in [-0.2, -0.15) is 0 Å². The highest BCUT2D eigenvalue weighted by atomic mass is 35.5. The van der Waals surface area contributed by atoms with Crippen molar-refractivity contribution >= 4 is 23.2 Å². The zero-order valence-corrected chi connectivity index (χ0v) is 12.7. The largest absolute Gasteiger partial charge is 0.387 e. The summed E-state index contributed by atoms with van der Waals surface area (Å²) in [4.78, 5) is 12.3. The number of hydrogen-bond donors (Lipinski definition) is 2. The van der Waals surface area contributed by atoms with Gasteiger partial charge in [0, 0.05) is 36.8 Å². The van der Waals surface area contributed by atoms with Crippen molar-refractivity contribution in [2.45, 2.75) is 25.9 Å². The highest BCUT2D eigenvalue weighted by Crippen LogP contribution is 2.23. The Labute approximate surface area is 124 Å². The molecule has 2 N–H and O–H groups in total. The second kappa shape index (κ2) is 6.95. The Morgan fingerprint density at radius 1 is 1.50 bits per heavy atom. The van der Waals surface area contributed by atoms with Gasteiger partial charge in [0.2, 0.25) is 0 Å². The molecule has 1 aliphatic rings. The monoisotopic (exact) mass is 296 g/mol. The van der Waals surface area contributed by atoms with Crippen LogP contribution in [0.5, 0.6) is 0 Å². The second-order valence-electron chi connectivity index (χ2n) is 5.02. The van der Waals surface area contributed by atoms with Crippen molar-refractivity contribution in [1.29, 1.82) is 0 Å². The minimum Gasteiger partial charge on any atom is -0.387 e. The molecule has 5 heteroatoms. The molecule has 0 saturated carbocycles. The molecular weight excluding hydrogens is 276 g/mol. The number of carbonyl (C=O) groups excluding carboxylic acids is 1. The van der Waals surface area contributed by atoms with Crippen LogP contribution in [0.3, 0.4) is 0 Å². The first-order chi connectivity index (χ1) is 9.65. The van der Waals surface area contributed by atoms with E-state index >= 15 is 0 Å². The summed E-state index contributed by atoms with van der Waals surface area (Å²) in [7, 11) is 1.79. The number of amides is 1. The predicted octanol–water partition coefficient (Wildman–Crippen LogP) is 2.93. The smallest absolute Gasteiger partial charge is 0.253 e. The van der Waals surface area contributed by atoms with Crippen LogP contribution < -0.4 is 10.6 Å². The SMILES string of the molecule is CCC1OCCC1CNC(=O)c1cc(Cl)ccc1NC. The first-order valence-electron chi connectivity index (χ1n) is 7.02. The second-order valence-corrected chi connectivity index (χ2v) is 5.45. The zero-order valence-electron chi connectivity index (χ0n) is 11.9. The highest BCUT2D eigenvalue weighted by molar-refractivity contribution is 6.31. The topological polar surface area (TPSA) is 50.4 Å².